The summed E-state index contributed by atoms with van der Waals surface area (Å²) in [5.41, 5.74) is 0. The van der Waals surface area contributed by atoms with Crippen molar-refractivity contribution in [1.29, 1.82) is 0 Å². The lowest BCUT2D eigenvalue weighted by Crippen LogP contribution is -1.89. The maximum Gasteiger partial charge on any atom is 0.307 e. The van der Waals surface area contributed by atoms with Gasteiger partial charge in [-0.3, -0.25) is 4.79 Å². The zero-order valence-electron chi connectivity index (χ0n) is 5.46. The fourth-order valence-corrected chi connectivity index (χ4v) is 0.535. The van der Waals surface area contributed by atoms with Crippen molar-refractivity contribution in [2.24, 2.45) is 5.92 Å². The minimum absolute atomic E-state index is 0.244. The van der Waals surface area contributed by atoms with Crippen LogP contribution in [-0.2, 0) is 9.53 Å². The summed E-state index contributed by atoms with van der Waals surface area (Å²) in [6.45, 7) is 1.40. The van der Waals surface area contributed by atoms with E-state index in [-0.39, 0.29) is 5.97 Å². The molecule has 2 heteroatoms. The van der Waals surface area contributed by atoms with Crippen LogP contribution in [0.15, 0.2) is 12.3 Å². The molecular weight excluding hydrogens is 116 g/mol. The van der Waals surface area contributed by atoms with Crippen LogP contribution in [0.1, 0.15) is 19.8 Å². The first kappa shape index (κ1) is 6.33. The molecule has 0 aromatic heterocycles. The van der Waals surface area contributed by atoms with Crippen LogP contribution in [0.25, 0.3) is 0 Å². The van der Waals surface area contributed by atoms with Gasteiger partial charge in [-0.2, -0.15) is 0 Å². The van der Waals surface area contributed by atoms with Gasteiger partial charge in [-0.05, 0) is 24.8 Å². The Kier molecular flexibility index (Phi) is 1.88. The Balaban J connectivity index is 2.08. The Morgan fingerprint density at radius 2 is 2.33 bits per heavy atom. The molecule has 0 radical (unpaired) electrons. The van der Waals surface area contributed by atoms with Crippen molar-refractivity contribution in [1.82, 2.24) is 0 Å². The molecule has 2 nitrogen and oxygen atoms in total. The number of hydrogen-bond acceptors (Lipinski definition) is 2. The molecule has 1 rings (SSSR count). The number of hydrogen-bond donors (Lipinski definition) is 0. The molecule has 0 unspecified atom stereocenters. The van der Waals surface area contributed by atoms with Gasteiger partial charge in [0.1, 0.15) is 0 Å². The highest BCUT2D eigenvalue weighted by Gasteiger charge is 2.17. The molecule has 0 N–H and O–H groups in total. The minimum atomic E-state index is -0.244. The molecule has 0 aliphatic heterocycles. The largest absolute Gasteiger partial charge is 0.435 e. The average Bonchev–Trinajstić information content (AvgIpc) is 2.48. The van der Waals surface area contributed by atoms with Crippen molar-refractivity contribution in [2.45, 2.75) is 19.8 Å². The molecule has 9 heavy (non-hydrogen) atoms. The van der Waals surface area contributed by atoms with Crippen LogP contribution < -0.4 is 0 Å². The molecule has 0 atom stereocenters. The molecule has 0 aromatic carbocycles. The summed E-state index contributed by atoms with van der Waals surface area (Å²) in [5.74, 6) is 0.441. The van der Waals surface area contributed by atoms with E-state index in [1.807, 2.05) is 6.08 Å². The van der Waals surface area contributed by atoms with E-state index >= 15 is 0 Å². The zero-order valence-corrected chi connectivity index (χ0v) is 5.46. The van der Waals surface area contributed by atoms with Crippen LogP contribution in [0.3, 0.4) is 0 Å². The van der Waals surface area contributed by atoms with Crippen LogP contribution in [-0.4, -0.2) is 5.97 Å². The highest BCUT2D eigenvalue weighted by atomic mass is 16.5. The van der Waals surface area contributed by atoms with Gasteiger partial charge in [0.15, 0.2) is 0 Å². The first-order valence-electron chi connectivity index (χ1n) is 3.13. The molecule has 0 saturated heterocycles. The van der Waals surface area contributed by atoms with Gasteiger partial charge in [-0.15, -0.1) is 0 Å². The number of carbonyl (C=O) groups excluding carboxylic acids is 1. The standard InChI is InChI=1S/C7H10O2/c1-6(8)9-5-4-7-2-3-7/h4-5,7H,2-3H2,1H3/b5-4+. The molecule has 0 bridgehead atoms. The average molecular weight is 126 g/mol. The summed E-state index contributed by atoms with van der Waals surface area (Å²) >= 11 is 0. The minimum Gasteiger partial charge on any atom is -0.435 e. The molecule has 1 aliphatic carbocycles. The number of ether oxygens (including phenoxy) is 1. The molecule has 1 saturated carbocycles. The highest BCUT2D eigenvalue weighted by Crippen LogP contribution is 2.29. The van der Waals surface area contributed by atoms with Crippen LogP contribution in [0.4, 0.5) is 0 Å². The molecule has 0 spiro atoms. The number of carbonyl (C=O) groups is 1. The maximum absolute atomic E-state index is 10.2. The second kappa shape index (κ2) is 2.67. The summed E-state index contributed by atoms with van der Waals surface area (Å²) in [6.07, 6.45) is 5.91. The van der Waals surface area contributed by atoms with E-state index in [1.165, 1.54) is 26.0 Å². The summed E-state index contributed by atoms with van der Waals surface area (Å²) in [4.78, 5) is 10.2. The quantitative estimate of drug-likeness (QED) is 0.413. The lowest BCUT2D eigenvalue weighted by atomic mass is 10.4. The smallest absolute Gasteiger partial charge is 0.307 e. The van der Waals surface area contributed by atoms with Crippen LogP contribution in [0.5, 0.6) is 0 Å². The predicted molar refractivity (Wildman–Crippen MR) is 33.6 cm³/mol. The van der Waals surface area contributed by atoms with Gasteiger partial charge in [0.2, 0.25) is 0 Å². The Hall–Kier alpha value is -0.790. The van der Waals surface area contributed by atoms with E-state index in [1.54, 1.807) is 0 Å². The zero-order chi connectivity index (χ0) is 6.69. The molecule has 0 heterocycles. The van der Waals surface area contributed by atoms with Crippen molar-refractivity contribution < 1.29 is 9.53 Å². The highest BCUT2D eigenvalue weighted by molar-refractivity contribution is 5.66. The monoisotopic (exact) mass is 126 g/mol. The molecule has 1 aliphatic rings. The molecule has 50 valence electrons. The Bertz CT molecular complexity index is 134. The third kappa shape index (κ3) is 2.90. The molecule has 0 aromatic rings. The van der Waals surface area contributed by atoms with Crippen molar-refractivity contribution in [3.63, 3.8) is 0 Å². The van der Waals surface area contributed by atoms with Crippen molar-refractivity contribution in [3.8, 4) is 0 Å². The fraction of sp³-hybridized carbons (Fsp3) is 0.571. The molecule has 1 fully saturated rings. The maximum atomic E-state index is 10.2. The topological polar surface area (TPSA) is 26.3 Å². The molecule has 0 amide bonds. The number of allylic oxidation sites excluding steroid dienone is 1. The van der Waals surface area contributed by atoms with Gasteiger partial charge in [0.05, 0.1) is 6.26 Å². The first-order valence-corrected chi connectivity index (χ1v) is 3.13. The summed E-state index contributed by atoms with van der Waals surface area (Å²) in [6, 6.07) is 0. The third-order valence-electron chi connectivity index (χ3n) is 1.21. The summed E-state index contributed by atoms with van der Waals surface area (Å²) in [7, 11) is 0. The van der Waals surface area contributed by atoms with Gasteiger partial charge in [0, 0.05) is 6.92 Å². The number of esters is 1. The van der Waals surface area contributed by atoms with E-state index < -0.39 is 0 Å². The van der Waals surface area contributed by atoms with Gasteiger partial charge in [-0.1, -0.05) is 0 Å². The van der Waals surface area contributed by atoms with Crippen LogP contribution in [0.2, 0.25) is 0 Å². The van der Waals surface area contributed by atoms with E-state index in [9.17, 15) is 4.79 Å². The Labute approximate surface area is 54.5 Å². The van der Waals surface area contributed by atoms with Gasteiger partial charge in [-0.25, -0.2) is 0 Å². The lowest BCUT2D eigenvalue weighted by Gasteiger charge is -1.87. The second-order valence-corrected chi connectivity index (χ2v) is 2.28. The van der Waals surface area contributed by atoms with Gasteiger partial charge < -0.3 is 4.74 Å². The third-order valence-corrected chi connectivity index (χ3v) is 1.21. The van der Waals surface area contributed by atoms with Crippen molar-refractivity contribution in [2.75, 3.05) is 0 Å². The Morgan fingerprint density at radius 1 is 1.67 bits per heavy atom. The van der Waals surface area contributed by atoms with Gasteiger partial charge >= 0.3 is 5.97 Å². The van der Waals surface area contributed by atoms with Crippen molar-refractivity contribution >= 4 is 5.97 Å². The van der Waals surface area contributed by atoms with Crippen molar-refractivity contribution in [3.05, 3.63) is 12.3 Å². The lowest BCUT2D eigenvalue weighted by molar-refractivity contribution is -0.135. The SMILES string of the molecule is CC(=O)O/C=C/C1CC1. The number of rotatable bonds is 2. The fourth-order valence-electron chi connectivity index (χ4n) is 0.535. The summed E-state index contributed by atoms with van der Waals surface area (Å²) < 4.78 is 4.57. The summed E-state index contributed by atoms with van der Waals surface area (Å²) in [5, 5.41) is 0. The second-order valence-electron chi connectivity index (χ2n) is 2.28. The van der Waals surface area contributed by atoms with E-state index in [4.69, 9.17) is 0 Å². The van der Waals surface area contributed by atoms with E-state index in [2.05, 4.69) is 4.74 Å². The van der Waals surface area contributed by atoms with E-state index in [0.717, 1.165) is 0 Å². The van der Waals surface area contributed by atoms with Gasteiger partial charge in [0.25, 0.3) is 0 Å². The Morgan fingerprint density at radius 3 is 2.78 bits per heavy atom. The molecular formula is C7H10O2. The predicted octanol–water partition coefficient (Wildman–Crippen LogP) is 1.47. The van der Waals surface area contributed by atoms with Crippen LogP contribution in [0, 0.1) is 5.92 Å². The first-order chi connectivity index (χ1) is 4.29. The van der Waals surface area contributed by atoms with Crippen LogP contribution >= 0.6 is 0 Å². The van der Waals surface area contributed by atoms with E-state index in [0.29, 0.717) is 5.92 Å². The normalized spacial score (nSPS) is 18.3.